The number of fused-ring (bicyclic) bond motifs is 1. The molecule has 2 rings (SSSR count). The number of hydrogen-bond donors (Lipinski definition) is 1. The van der Waals surface area contributed by atoms with Crippen molar-refractivity contribution in [2.24, 2.45) is 7.05 Å². The van der Waals surface area contributed by atoms with Gasteiger partial charge in [0, 0.05) is 25.0 Å². The summed E-state index contributed by atoms with van der Waals surface area (Å²) in [4.78, 5) is 11.6. The van der Waals surface area contributed by atoms with Crippen molar-refractivity contribution in [3.05, 3.63) is 30.0 Å². The van der Waals surface area contributed by atoms with E-state index in [1.165, 1.54) is 0 Å². The van der Waals surface area contributed by atoms with Crippen molar-refractivity contribution in [3.63, 3.8) is 0 Å². The second-order valence-electron chi connectivity index (χ2n) is 3.59. The number of amides is 1. The van der Waals surface area contributed by atoms with Crippen molar-refractivity contribution in [1.29, 1.82) is 0 Å². The molecule has 1 amide bonds. The molecule has 0 radical (unpaired) electrons. The Balaban J connectivity index is 2.63. The predicted molar refractivity (Wildman–Crippen MR) is 62.9 cm³/mol. The lowest BCUT2D eigenvalue weighted by Gasteiger charge is -2.02. The molecular weight excluding hydrogens is 204 g/mol. The molecule has 0 saturated carbocycles. The van der Waals surface area contributed by atoms with Gasteiger partial charge in [0.15, 0.2) is 0 Å². The van der Waals surface area contributed by atoms with E-state index in [9.17, 15) is 4.79 Å². The Morgan fingerprint density at radius 3 is 2.75 bits per heavy atom. The monoisotopic (exact) mass is 218 g/mol. The van der Waals surface area contributed by atoms with Crippen LogP contribution in [0.2, 0.25) is 0 Å². The maximum atomic E-state index is 11.6. The first-order valence-electron chi connectivity index (χ1n) is 5.03. The molecule has 0 aliphatic carbocycles. The molecule has 0 fully saturated rings. The molecule has 0 saturated heterocycles. The maximum absolute atomic E-state index is 11.6. The number of aryl methyl sites for hydroxylation is 1. The van der Waals surface area contributed by atoms with Crippen LogP contribution in [0.5, 0.6) is 5.75 Å². The Kier molecular flexibility index (Phi) is 2.56. The first kappa shape index (κ1) is 10.5. The fourth-order valence-electron chi connectivity index (χ4n) is 1.80. The van der Waals surface area contributed by atoms with Crippen molar-refractivity contribution < 1.29 is 9.53 Å². The molecule has 0 unspecified atom stereocenters. The lowest BCUT2D eigenvalue weighted by atomic mass is 10.2. The summed E-state index contributed by atoms with van der Waals surface area (Å²) in [7, 11) is 5.13. The number of carbonyl (C=O) groups excluding carboxylic acids is 1. The van der Waals surface area contributed by atoms with Gasteiger partial charge in [0.25, 0.3) is 5.91 Å². The SMILES string of the molecule is CNC(=O)c1cc2cc(OC)ccc2n1C. The van der Waals surface area contributed by atoms with E-state index in [1.807, 2.05) is 35.9 Å². The van der Waals surface area contributed by atoms with Gasteiger partial charge in [0.1, 0.15) is 11.4 Å². The molecular formula is C12H14N2O2. The molecule has 1 aromatic heterocycles. The summed E-state index contributed by atoms with van der Waals surface area (Å²) < 4.78 is 7.02. The summed E-state index contributed by atoms with van der Waals surface area (Å²) in [6, 6.07) is 7.61. The van der Waals surface area contributed by atoms with E-state index in [0.717, 1.165) is 16.7 Å². The molecule has 0 aliphatic heterocycles. The number of benzene rings is 1. The van der Waals surface area contributed by atoms with E-state index < -0.39 is 0 Å². The van der Waals surface area contributed by atoms with E-state index in [-0.39, 0.29) is 5.91 Å². The van der Waals surface area contributed by atoms with Crippen LogP contribution in [0.25, 0.3) is 10.9 Å². The summed E-state index contributed by atoms with van der Waals surface area (Å²) in [5.74, 6) is 0.708. The molecule has 84 valence electrons. The third kappa shape index (κ3) is 1.52. The smallest absolute Gasteiger partial charge is 0.267 e. The van der Waals surface area contributed by atoms with Crippen molar-refractivity contribution in [2.75, 3.05) is 14.2 Å². The summed E-state index contributed by atoms with van der Waals surface area (Å²) >= 11 is 0. The molecule has 4 nitrogen and oxygen atoms in total. The third-order valence-corrected chi connectivity index (χ3v) is 2.71. The average molecular weight is 218 g/mol. The van der Waals surface area contributed by atoms with Gasteiger partial charge in [-0.3, -0.25) is 4.79 Å². The minimum atomic E-state index is -0.0855. The molecule has 0 spiro atoms. The fraction of sp³-hybridized carbons (Fsp3) is 0.250. The third-order valence-electron chi connectivity index (χ3n) is 2.71. The first-order valence-corrected chi connectivity index (χ1v) is 5.03. The topological polar surface area (TPSA) is 43.3 Å². The highest BCUT2D eigenvalue weighted by molar-refractivity contribution is 5.98. The standard InChI is InChI=1S/C12H14N2O2/c1-13-12(15)11-7-8-6-9(16-3)4-5-10(8)14(11)2/h4-7H,1-3H3,(H,13,15). The zero-order valence-corrected chi connectivity index (χ0v) is 9.57. The van der Waals surface area contributed by atoms with E-state index in [1.54, 1.807) is 14.2 Å². The normalized spacial score (nSPS) is 10.4. The van der Waals surface area contributed by atoms with Gasteiger partial charge >= 0.3 is 0 Å². The number of ether oxygens (including phenoxy) is 1. The highest BCUT2D eigenvalue weighted by Crippen LogP contribution is 2.23. The Hall–Kier alpha value is -1.97. The summed E-state index contributed by atoms with van der Waals surface area (Å²) in [5, 5.41) is 3.62. The van der Waals surface area contributed by atoms with Crippen molar-refractivity contribution in [3.8, 4) is 5.75 Å². The van der Waals surface area contributed by atoms with Crippen LogP contribution in [0, 0.1) is 0 Å². The van der Waals surface area contributed by atoms with Crippen LogP contribution < -0.4 is 10.1 Å². The lowest BCUT2D eigenvalue weighted by molar-refractivity contribution is 0.0955. The second kappa shape index (κ2) is 3.89. The van der Waals surface area contributed by atoms with Gasteiger partial charge in [-0.25, -0.2) is 0 Å². The Morgan fingerprint density at radius 1 is 1.38 bits per heavy atom. The van der Waals surface area contributed by atoms with E-state index >= 15 is 0 Å². The first-order chi connectivity index (χ1) is 7.67. The van der Waals surface area contributed by atoms with Crippen LogP contribution in [0.3, 0.4) is 0 Å². The molecule has 0 atom stereocenters. The second-order valence-corrected chi connectivity index (χ2v) is 3.59. The zero-order chi connectivity index (χ0) is 11.7. The number of rotatable bonds is 2. The van der Waals surface area contributed by atoms with E-state index in [2.05, 4.69) is 5.32 Å². The summed E-state index contributed by atoms with van der Waals surface area (Å²) in [6.07, 6.45) is 0. The van der Waals surface area contributed by atoms with Gasteiger partial charge in [-0.2, -0.15) is 0 Å². The Morgan fingerprint density at radius 2 is 2.12 bits per heavy atom. The van der Waals surface area contributed by atoms with E-state index in [0.29, 0.717) is 5.69 Å². The van der Waals surface area contributed by atoms with Crippen LogP contribution in [0.4, 0.5) is 0 Å². The predicted octanol–water partition coefficient (Wildman–Crippen LogP) is 1.55. The fourth-order valence-corrected chi connectivity index (χ4v) is 1.80. The van der Waals surface area contributed by atoms with Crippen LogP contribution in [0.1, 0.15) is 10.5 Å². The summed E-state index contributed by atoms with van der Waals surface area (Å²) in [5.41, 5.74) is 1.66. The van der Waals surface area contributed by atoms with Gasteiger partial charge in [-0.15, -0.1) is 0 Å². The van der Waals surface area contributed by atoms with Gasteiger partial charge in [0.2, 0.25) is 0 Å². The lowest BCUT2D eigenvalue weighted by Crippen LogP contribution is -2.20. The van der Waals surface area contributed by atoms with Crippen LogP contribution in [-0.4, -0.2) is 24.6 Å². The number of aromatic nitrogens is 1. The zero-order valence-electron chi connectivity index (χ0n) is 9.57. The number of nitrogens with one attached hydrogen (secondary N) is 1. The van der Waals surface area contributed by atoms with E-state index in [4.69, 9.17) is 4.74 Å². The van der Waals surface area contributed by atoms with Gasteiger partial charge < -0.3 is 14.6 Å². The average Bonchev–Trinajstić information content (AvgIpc) is 2.65. The molecule has 4 heteroatoms. The Bertz CT molecular complexity index is 543. The van der Waals surface area contributed by atoms with Crippen molar-refractivity contribution in [2.45, 2.75) is 0 Å². The molecule has 0 bridgehead atoms. The molecule has 1 heterocycles. The number of carbonyl (C=O) groups is 1. The quantitative estimate of drug-likeness (QED) is 0.831. The molecule has 16 heavy (non-hydrogen) atoms. The maximum Gasteiger partial charge on any atom is 0.267 e. The van der Waals surface area contributed by atoms with Gasteiger partial charge in [0.05, 0.1) is 7.11 Å². The molecule has 2 aromatic rings. The van der Waals surface area contributed by atoms with Crippen molar-refractivity contribution in [1.82, 2.24) is 9.88 Å². The Labute approximate surface area is 93.8 Å². The molecule has 1 N–H and O–H groups in total. The minimum Gasteiger partial charge on any atom is -0.497 e. The number of nitrogens with zero attached hydrogens (tertiary/aromatic N) is 1. The van der Waals surface area contributed by atoms with Gasteiger partial charge in [-0.05, 0) is 24.3 Å². The highest BCUT2D eigenvalue weighted by atomic mass is 16.5. The van der Waals surface area contributed by atoms with Crippen LogP contribution in [0.15, 0.2) is 24.3 Å². The van der Waals surface area contributed by atoms with Crippen LogP contribution in [-0.2, 0) is 7.05 Å². The van der Waals surface area contributed by atoms with Crippen LogP contribution >= 0.6 is 0 Å². The highest BCUT2D eigenvalue weighted by Gasteiger charge is 2.11. The summed E-state index contributed by atoms with van der Waals surface area (Å²) in [6.45, 7) is 0. The number of hydrogen-bond acceptors (Lipinski definition) is 2. The van der Waals surface area contributed by atoms with Gasteiger partial charge in [-0.1, -0.05) is 0 Å². The largest absolute Gasteiger partial charge is 0.497 e. The number of methoxy groups -OCH3 is 1. The molecule has 0 aliphatic rings. The molecule has 1 aromatic carbocycles. The van der Waals surface area contributed by atoms with Crippen molar-refractivity contribution >= 4 is 16.8 Å². The minimum absolute atomic E-state index is 0.0855.